The minimum atomic E-state index is 0.0170. The first-order chi connectivity index (χ1) is 18.4. The molecule has 1 N–H and O–H groups in total. The number of hydrogen-bond donors (Lipinski definition) is 1. The van der Waals surface area contributed by atoms with Crippen molar-refractivity contribution in [1.82, 2.24) is 14.7 Å². The molecule has 1 aliphatic heterocycles. The minimum absolute atomic E-state index is 0.0170. The SMILES string of the molecule is COCCN(C)c1ccc(C(=O)N2CCC(c3ccc(-c4cnn(C)c4)cc3)CC2)cc1NC(=O)C1CC1. The van der Waals surface area contributed by atoms with Crippen LogP contribution in [0.1, 0.15) is 47.5 Å². The van der Waals surface area contributed by atoms with E-state index in [0.717, 1.165) is 42.5 Å². The van der Waals surface area contributed by atoms with E-state index in [1.807, 2.05) is 59.2 Å². The molecular weight excluding hydrogens is 478 g/mol. The number of methoxy groups -OCH3 is 1. The molecule has 0 spiro atoms. The molecule has 0 bridgehead atoms. The van der Waals surface area contributed by atoms with Gasteiger partial charge in [0.1, 0.15) is 0 Å². The van der Waals surface area contributed by atoms with Gasteiger partial charge in [0.25, 0.3) is 5.91 Å². The van der Waals surface area contributed by atoms with Crippen molar-refractivity contribution < 1.29 is 14.3 Å². The first-order valence-electron chi connectivity index (χ1n) is 13.5. The van der Waals surface area contributed by atoms with E-state index in [-0.39, 0.29) is 17.7 Å². The number of nitrogens with one attached hydrogen (secondary N) is 1. The number of likely N-dealkylation sites (N-methyl/N-ethyl adjacent to an activating group) is 1. The summed E-state index contributed by atoms with van der Waals surface area (Å²) in [7, 11) is 5.57. The molecule has 38 heavy (non-hydrogen) atoms. The summed E-state index contributed by atoms with van der Waals surface area (Å²) in [5, 5.41) is 7.34. The van der Waals surface area contributed by atoms with Crippen molar-refractivity contribution in [3.05, 3.63) is 66.0 Å². The molecule has 3 aromatic rings. The Hall–Kier alpha value is -3.65. The summed E-state index contributed by atoms with van der Waals surface area (Å²) in [5.74, 6) is 0.575. The Morgan fingerprint density at radius 2 is 1.79 bits per heavy atom. The monoisotopic (exact) mass is 515 g/mol. The molecule has 1 saturated carbocycles. The molecule has 1 aromatic heterocycles. The van der Waals surface area contributed by atoms with Gasteiger partial charge < -0.3 is 19.9 Å². The standard InChI is InChI=1S/C30H37N5O3/c1-33(16-17-38-3)28-11-10-25(18-27(28)32-29(36)24-8-9-24)30(37)35-14-12-23(13-15-35)21-4-6-22(7-5-21)26-19-31-34(2)20-26/h4-7,10-11,18-20,23-24H,8-9,12-17H2,1-3H3,(H,32,36). The zero-order chi connectivity index (χ0) is 26.6. The number of aryl methyl sites for hydroxylation is 1. The molecule has 2 aliphatic rings. The van der Waals surface area contributed by atoms with Crippen LogP contribution in [0.3, 0.4) is 0 Å². The second kappa shape index (κ2) is 11.4. The summed E-state index contributed by atoms with van der Waals surface area (Å²) in [6, 6.07) is 14.4. The number of likely N-dealkylation sites (tertiary alicyclic amines) is 1. The van der Waals surface area contributed by atoms with Crippen LogP contribution in [0.2, 0.25) is 0 Å². The highest BCUT2D eigenvalue weighted by molar-refractivity contribution is 6.01. The molecule has 2 aromatic carbocycles. The summed E-state index contributed by atoms with van der Waals surface area (Å²) >= 11 is 0. The van der Waals surface area contributed by atoms with Crippen LogP contribution in [-0.4, -0.2) is 66.9 Å². The Labute approximate surface area is 224 Å². The summed E-state index contributed by atoms with van der Waals surface area (Å²) < 4.78 is 7.03. The van der Waals surface area contributed by atoms with Gasteiger partial charge in [-0.3, -0.25) is 14.3 Å². The van der Waals surface area contributed by atoms with Crippen LogP contribution in [0.4, 0.5) is 11.4 Å². The Morgan fingerprint density at radius 1 is 1.05 bits per heavy atom. The van der Waals surface area contributed by atoms with Crippen LogP contribution >= 0.6 is 0 Å². The largest absolute Gasteiger partial charge is 0.383 e. The van der Waals surface area contributed by atoms with E-state index in [0.29, 0.717) is 43.4 Å². The van der Waals surface area contributed by atoms with E-state index in [9.17, 15) is 9.59 Å². The average molecular weight is 516 g/mol. The molecule has 0 atom stereocenters. The Bertz CT molecular complexity index is 1270. The molecule has 1 saturated heterocycles. The lowest BCUT2D eigenvalue weighted by Crippen LogP contribution is -2.38. The van der Waals surface area contributed by atoms with Gasteiger partial charge in [-0.05, 0) is 60.9 Å². The van der Waals surface area contributed by atoms with Crippen molar-refractivity contribution in [2.75, 3.05) is 50.6 Å². The van der Waals surface area contributed by atoms with Gasteiger partial charge in [-0.2, -0.15) is 5.10 Å². The highest BCUT2D eigenvalue weighted by Crippen LogP contribution is 2.34. The summed E-state index contributed by atoms with van der Waals surface area (Å²) in [6.45, 7) is 2.70. The van der Waals surface area contributed by atoms with E-state index < -0.39 is 0 Å². The van der Waals surface area contributed by atoms with Gasteiger partial charge in [0.2, 0.25) is 5.91 Å². The molecule has 1 aliphatic carbocycles. The second-order valence-electron chi connectivity index (χ2n) is 10.5. The third kappa shape index (κ3) is 5.91. The molecule has 2 fully saturated rings. The zero-order valence-corrected chi connectivity index (χ0v) is 22.5. The second-order valence-corrected chi connectivity index (χ2v) is 10.5. The Kier molecular flexibility index (Phi) is 7.79. The van der Waals surface area contributed by atoms with Gasteiger partial charge in [0.15, 0.2) is 0 Å². The minimum Gasteiger partial charge on any atom is -0.383 e. The summed E-state index contributed by atoms with van der Waals surface area (Å²) in [4.78, 5) is 30.0. The number of carbonyl (C=O) groups excluding carboxylic acids is 2. The smallest absolute Gasteiger partial charge is 0.253 e. The number of nitrogens with zero attached hydrogens (tertiary/aromatic N) is 4. The maximum absolute atomic E-state index is 13.5. The number of anilines is 2. The van der Waals surface area contributed by atoms with Gasteiger partial charge in [-0.1, -0.05) is 24.3 Å². The molecule has 5 rings (SSSR count). The topological polar surface area (TPSA) is 79.7 Å². The molecule has 200 valence electrons. The lowest BCUT2D eigenvalue weighted by atomic mass is 9.88. The molecule has 0 radical (unpaired) electrons. The molecule has 0 unspecified atom stereocenters. The number of rotatable bonds is 9. The first kappa shape index (κ1) is 26.0. The number of amides is 2. The van der Waals surface area contributed by atoms with Gasteiger partial charge in [-0.15, -0.1) is 0 Å². The fourth-order valence-corrected chi connectivity index (χ4v) is 5.15. The van der Waals surface area contributed by atoms with E-state index in [2.05, 4.69) is 34.7 Å². The van der Waals surface area contributed by atoms with Crippen LogP contribution in [0.15, 0.2) is 54.9 Å². The third-order valence-corrected chi connectivity index (χ3v) is 7.69. The van der Waals surface area contributed by atoms with Crippen LogP contribution in [-0.2, 0) is 16.6 Å². The number of benzene rings is 2. The highest BCUT2D eigenvalue weighted by atomic mass is 16.5. The molecule has 2 amide bonds. The van der Waals surface area contributed by atoms with Gasteiger partial charge in [0.05, 0.1) is 24.2 Å². The van der Waals surface area contributed by atoms with Crippen molar-refractivity contribution in [3.63, 3.8) is 0 Å². The number of carbonyl (C=O) groups is 2. The van der Waals surface area contributed by atoms with Gasteiger partial charge >= 0.3 is 0 Å². The predicted molar refractivity (Wildman–Crippen MR) is 149 cm³/mol. The van der Waals surface area contributed by atoms with E-state index in [1.165, 1.54) is 5.56 Å². The molecule has 2 heterocycles. The van der Waals surface area contributed by atoms with Crippen molar-refractivity contribution in [2.45, 2.75) is 31.6 Å². The Morgan fingerprint density at radius 3 is 2.42 bits per heavy atom. The van der Waals surface area contributed by atoms with Crippen molar-refractivity contribution in [2.24, 2.45) is 13.0 Å². The molecular formula is C30H37N5O3. The lowest BCUT2D eigenvalue weighted by Gasteiger charge is -2.32. The van der Waals surface area contributed by atoms with E-state index in [4.69, 9.17) is 4.74 Å². The maximum Gasteiger partial charge on any atom is 0.253 e. The quantitative estimate of drug-likeness (QED) is 0.453. The van der Waals surface area contributed by atoms with Crippen molar-refractivity contribution in [1.29, 1.82) is 0 Å². The molecule has 8 heteroatoms. The predicted octanol–water partition coefficient (Wildman–Crippen LogP) is 4.54. The number of aromatic nitrogens is 2. The van der Waals surface area contributed by atoms with Crippen LogP contribution in [0.5, 0.6) is 0 Å². The number of ether oxygens (including phenoxy) is 1. The number of piperidine rings is 1. The van der Waals surface area contributed by atoms with Gasteiger partial charge in [-0.25, -0.2) is 0 Å². The van der Waals surface area contributed by atoms with Crippen LogP contribution in [0, 0.1) is 5.92 Å². The summed E-state index contributed by atoms with van der Waals surface area (Å²) in [6.07, 6.45) is 7.63. The average Bonchev–Trinajstić information content (AvgIpc) is 3.72. The normalized spacial score (nSPS) is 15.9. The van der Waals surface area contributed by atoms with Crippen molar-refractivity contribution in [3.8, 4) is 11.1 Å². The fraction of sp³-hybridized carbons (Fsp3) is 0.433. The number of hydrogen-bond acceptors (Lipinski definition) is 5. The zero-order valence-electron chi connectivity index (χ0n) is 22.5. The first-order valence-corrected chi connectivity index (χ1v) is 13.5. The fourth-order valence-electron chi connectivity index (χ4n) is 5.15. The van der Waals surface area contributed by atoms with Crippen LogP contribution < -0.4 is 10.2 Å². The van der Waals surface area contributed by atoms with E-state index >= 15 is 0 Å². The van der Waals surface area contributed by atoms with Crippen molar-refractivity contribution >= 4 is 23.2 Å². The van der Waals surface area contributed by atoms with Gasteiger partial charge in [0, 0.05) is 64.1 Å². The lowest BCUT2D eigenvalue weighted by molar-refractivity contribution is -0.117. The maximum atomic E-state index is 13.5. The highest BCUT2D eigenvalue weighted by Gasteiger charge is 2.31. The Balaban J connectivity index is 1.24. The van der Waals surface area contributed by atoms with Crippen LogP contribution in [0.25, 0.3) is 11.1 Å². The third-order valence-electron chi connectivity index (χ3n) is 7.69. The molecule has 8 nitrogen and oxygen atoms in total. The summed E-state index contributed by atoms with van der Waals surface area (Å²) in [5.41, 5.74) is 5.78. The van der Waals surface area contributed by atoms with E-state index in [1.54, 1.807) is 7.11 Å².